The second-order valence-corrected chi connectivity index (χ2v) is 4.35. The van der Waals surface area contributed by atoms with Gasteiger partial charge in [-0.05, 0) is 55.0 Å². The molecule has 0 aliphatic carbocycles. The molecule has 0 fully saturated rings. The van der Waals surface area contributed by atoms with Crippen molar-refractivity contribution in [3.05, 3.63) is 54.1 Å². The standard InChI is InChI=1S/C14H14N2OS/c1-10-9-12(7-8-13(10)17)16-14(18)15-11-5-3-2-4-6-11/h2-9,17H,1H3,(H2,15,16,18). The lowest BCUT2D eigenvalue weighted by Gasteiger charge is -2.11. The molecule has 0 aliphatic rings. The van der Waals surface area contributed by atoms with E-state index in [4.69, 9.17) is 12.2 Å². The van der Waals surface area contributed by atoms with Gasteiger partial charge in [-0.15, -0.1) is 0 Å². The van der Waals surface area contributed by atoms with Crippen LogP contribution in [0.4, 0.5) is 11.4 Å². The van der Waals surface area contributed by atoms with Crippen LogP contribution in [0.3, 0.4) is 0 Å². The van der Waals surface area contributed by atoms with E-state index in [9.17, 15) is 5.11 Å². The minimum atomic E-state index is 0.280. The van der Waals surface area contributed by atoms with Crippen LogP contribution in [0.15, 0.2) is 48.5 Å². The highest BCUT2D eigenvalue weighted by molar-refractivity contribution is 7.80. The van der Waals surface area contributed by atoms with Crippen molar-refractivity contribution in [1.29, 1.82) is 0 Å². The van der Waals surface area contributed by atoms with E-state index in [1.54, 1.807) is 12.1 Å². The van der Waals surface area contributed by atoms with E-state index in [1.807, 2.05) is 43.3 Å². The van der Waals surface area contributed by atoms with Gasteiger partial charge in [-0.25, -0.2) is 0 Å². The number of benzene rings is 2. The van der Waals surface area contributed by atoms with Gasteiger partial charge in [0.2, 0.25) is 0 Å². The van der Waals surface area contributed by atoms with Crippen molar-refractivity contribution in [1.82, 2.24) is 0 Å². The number of phenolic OH excluding ortho intramolecular Hbond substituents is 1. The zero-order chi connectivity index (χ0) is 13.0. The van der Waals surface area contributed by atoms with Crippen molar-refractivity contribution in [3.8, 4) is 5.75 Å². The number of phenols is 1. The Morgan fingerprint density at radius 2 is 1.67 bits per heavy atom. The van der Waals surface area contributed by atoms with Gasteiger partial charge in [0.1, 0.15) is 5.75 Å². The van der Waals surface area contributed by atoms with Crippen LogP contribution < -0.4 is 10.6 Å². The molecule has 0 spiro atoms. The average molecular weight is 258 g/mol. The second kappa shape index (κ2) is 5.51. The van der Waals surface area contributed by atoms with Gasteiger partial charge in [-0.3, -0.25) is 0 Å². The van der Waals surface area contributed by atoms with E-state index in [2.05, 4.69) is 10.6 Å². The second-order valence-electron chi connectivity index (χ2n) is 3.95. The maximum Gasteiger partial charge on any atom is 0.175 e. The molecule has 18 heavy (non-hydrogen) atoms. The lowest BCUT2D eigenvalue weighted by atomic mass is 10.2. The molecular weight excluding hydrogens is 244 g/mol. The van der Waals surface area contributed by atoms with Crippen LogP contribution in [0.5, 0.6) is 5.75 Å². The summed E-state index contributed by atoms with van der Waals surface area (Å²) in [4.78, 5) is 0. The summed E-state index contributed by atoms with van der Waals surface area (Å²) in [5, 5.41) is 16.1. The molecule has 0 aliphatic heterocycles. The van der Waals surface area contributed by atoms with E-state index in [1.165, 1.54) is 0 Å². The zero-order valence-corrected chi connectivity index (χ0v) is 10.8. The van der Waals surface area contributed by atoms with Gasteiger partial charge in [0.05, 0.1) is 0 Å². The summed E-state index contributed by atoms with van der Waals surface area (Å²) in [6.45, 7) is 1.84. The number of para-hydroxylation sites is 1. The van der Waals surface area contributed by atoms with Crippen LogP contribution in [0.1, 0.15) is 5.56 Å². The predicted molar refractivity (Wildman–Crippen MR) is 79.1 cm³/mol. The Hall–Kier alpha value is -2.07. The molecule has 92 valence electrons. The summed E-state index contributed by atoms with van der Waals surface area (Å²) in [6.07, 6.45) is 0. The maximum atomic E-state index is 9.44. The minimum absolute atomic E-state index is 0.280. The maximum absolute atomic E-state index is 9.44. The molecule has 0 aromatic heterocycles. The minimum Gasteiger partial charge on any atom is -0.508 e. The SMILES string of the molecule is Cc1cc(NC(=S)Nc2ccccc2)ccc1O. The average Bonchev–Trinajstić information content (AvgIpc) is 2.35. The van der Waals surface area contributed by atoms with Gasteiger partial charge in [0.25, 0.3) is 0 Å². The number of hydrogen-bond donors (Lipinski definition) is 3. The van der Waals surface area contributed by atoms with E-state index in [0.29, 0.717) is 5.11 Å². The fourth-order valence-corrected chi connectivity index (χ4v) is 1.78. The van der Waals surface area contributed by atoms with Crippen LogP contribution in [0.2, 0.25) is 0 Å². The number of rotatable bonds is 2. The molecule has 0 saturated heterocycles. The third-order valence-electron chi connectivity index (χ3n) is 2.49. The normalized spacial score (nSPS) is 9.83. The van der Waals surface area contributed by atoms with Crippen molar-refractivity contribution in [2.45, 2.75) is 6.92 Å². The molecule has 0 heterocycles. The molecule has 2 aromatic carbocycles. The fourth-order valence-electron chi connectivity index (χ4n) is 1.55. The Labute approximate surface area is 111 Å². The van der Waals surface area contributed by atoms with E-state index in [-0.39, 0.29) is 5.75 Å². The molecule has 0 unspecified atom stereocenters. The molecule has 0 atom stereocenters. The van der Waals surface area contributed by atoms with Crippen LogP contribution in [0, 0.1) is 6.92 Å². The number of aromatic hydroxyl groups is 1. The van der Waals surface area contributed by atoms with Crippen molar-refractivity contribution in [3.63, 3.8) is 0 Å². The number of nitrogens with one attached hydrogen (secondary N) is 2. The first kappa shape index (κ1) is 12.4. The topological polar surface area (TPSA) is 44.3 Å². The van der Waals surface area contributed by atoms with E-state index in [0.717, 1.165) is 16.9 Å². The number of hydrogen-bond acceptors (Lipinski definition) is 2. The number of aryl methyl sites for hydroxylation is 1. The Morgan fingerprint density at radius 3 is 2.33 bits per heavy atom. The molecule has 0 radical (unpaired) electrons. The van der Waals surface area contributed by atoms with Gasteiger partial charge < -0.3 is 15.7 Å². The molecule has 3 N–H and O–H groups in total. The summed E-state index contributed by atoms with van der Waals surface area (Å²) in [6, 6.07) is 15.0. The Balaban J connectivity index is 2.01. The highest BCUT2D eigenvalue weighted by Crippen LogP contribution is 2.20. The van der Waals surface area contributed by atoms with Crippen molar-refractivity contribution in [2.75, 3.05) is 10.6 Å². The molecule has 2 rings (SSSR count). The summed E-state index contributed by atoms with van der Waals surface area (Å²) < 4.78 is 0. The Morgan fingerprint density at radius 1 is 1.00 bits per heavy atom. The third kappa shape index (κ3) is 3.21. The highest BCUT2D eigenvalue weighted by atomic mass is 32.1. The molecule has 2 aromatic rings. The zero-order valence-electron chi connectivity index (χ0n) is 9.97. The predicted octanol–water partition coefficient (Wildman–Crippen LogP) is 3.51. The van der Waals surface area contributed by atoms with Gasteiger partial charge in [0.15, 0.2) is 5.11 Å². The molecule has 4 heteroatoms. The largest absolute Gasteiger partial charge is 0.508 e. The quantitative estimate of drug-likeness (QED) is 0.570. The van der Waals surface area contributed by atoms with Crippen LogP contribution in [-0.2, 0) is 0 Å². The summed E-state index contributed by atoms with van der Waals surface area (Å²) in [7, 11) is 0. The first-order valence-corrected chi connectivity index (χ1v) is 5.98. The number of anilines is 2. The lowest BCUT2D eigenvalue weighted by Crippen LogP contribution is -2.18. The molecule has 0 bridgehead atoms. The summed E-state index contributed by atoms with van der Waals surface area (Å²) in [5.41, 5.74) is 2.59. The van der Waals surface area contributed by atoms with Gasteiger partial charge in [0, 0.05) is 11.4 Å². The molecule has 0 saturated carbocycles. The van der Waals surface area contributed by atoms with Crippen LogP contribution >= 0.6 is 12.2 Å². The van der Waals surface area contributed by atoms with Crippen molar-refractivity contribution in [2.24, 2.45) is 0 Å². The molecule has 3 nitrogen and oxygen atoms in total. The van der Waals surface area contributed by atoms with Gasteiger partial charge in [-0.1, -0.05) is 18.2 Å². The van der Waals surface area contributed by atoms with Crippen LogP contribution in [0.25, 0.3) is 0 Å². The van der Waals surface area contributed by atoms with Crippen molar-refractivity contribution < 1.29 is 5.11 Å². The first-order valence-electron chi connectivity index (χ1n) is 5.58. The van der Waals surface area contributed by atoms with Crippen molar-refractivity contribution >= 4 is 28.7 Å². The first-order chi connectivity index (χ1) is 8.65. The van der Waals surface area contributed by atoms with E-state index < -0.39 is 0 Å². The van der Waals surface area contributed by atoms with E-state index >= 15 is 0 Å². The monoisotopic (exact) mass is 258 g/mol. The van der Waals surface area contributed by atoms with Crippen LogP contribution in [-0.4, -0.2) is 10.2 Å². The summed E-state index contributed by atoms with van der Waals surface area (Å²) in [5.74, 6) is 0.280. The molecule has 0 amide bonds. The summed E-state index contributed by atoms with van der Waals surface area (Å²) >= 11 is 5.21. The van der Waals surface area contributed by atoms with Gasteiger partial charge in [-0.2, -0.15) is 0 Å². The highest BCUT2D eigenvalue weighted by Gasteiger charge is 2.01. The Bertz CT molecular complexity index is 555. The molecular formula is C14H14N2OS. The fraction of sp³-hybridized carbons (Fsp3) is 0.0714. The smallest absolute Gasteiger partial charge is 0.175 e. The van der Waals surface area contributed by atoms with Gasteiger partial charge >= 0.3 is 0 Å². The number of thiocarbonyl (C=S) groups is 1. The lowest BCUT2D eigenvalue weighted by molar-refractivity contribution is 0.471. The third-order valence-corrected chi connectivity index (χ3v) is 2.69. The Kier molecular flexibility index (Phi) is 3.79.